The van der Waals surface area contributed by atoms with Gasteiger partial charge in [0.15, 0.2) is 0 Å². The highest BCUT2D eigenvalue weighted by Gasteiger charge is 2.21. The van der Waals surface area contributed by atoms with Gasteiger partial charge in [0.2, 0.25) is 5.91 Å². The average molecular weight is 341 g/mol. The first-order chi connectivity index (χ1) is 10.8. The summed E-state index contributed by atoms with van der Waals surface area (Å²) >= 11 is 6.06. The lowest BCUT2D eigenvalue weighted by Gasteiger charge is -2.21. The second kappa shape index (κ2) is 8.53. The van der Waals surface area contributed by atoms with Gasteiger partial charge in [0, 0.05) is 18.2 Å². The highest BCUT2D eigenvalue weighted by Crippen LogP contribution is 2.23. The second-order valence-electron chi connectivity index (χ2n) is 5.46. The Morgan fingerprint density at radius 2 is 1.96 bits per heavy atom. The molecular weight excluding hydrogens is 320 g/mol. The molecule has 0 aromatic heterocycles. The Hall–Kier alpha value is -2.08. The van der Waals surface area contributed by atoms with E-state index in [2.05, 4.69) is 5.32 Å². The zero-order valence-corrected chi connectivity index (χ0v) is 14.2. The Labute approximate surface area is 140 Å². The van der Waals surface area contributed by atoms with E-state index >= 15 is 0 Å². The number of nitrogens with zero attached hydrogens (tertiary/aromatic N) is 1. The zero-order valence-electron chi connectivity index (χ0n) is 13.4. The monoisotopic (exact) mass is 340 g/mol. The van der Waals surface area contributed by atoms with Gasteiger partial charge < -0.3 is 15.3 Å². The van der Waals surface area contributed by atoms with Crippen molar-refractivity contribution < 1.29 is 19.5 Å². The molecule has 1 aromatic carbocycles. The lowest BCUT2D eigenvalue weighted by Crippen LogP contribution is -2.36. The summed E-state index contributed by atoms with van der Waals surface area (Å²) in [5, 5.41) is 11.8. The first kappa shape index (κ1) is 19.0. The standard InChI is InChI=1S/C16H21ClN2O4/c1-4-7-19(9-14(20)21)16(23)12-8-11(5-6-13(12)17)18-15(22)10(2)3/h5-6,8,10H,4,7,9H2,1-3H3,(H,18,22)(H,20,21). The van der Waals surface area contributed by atoms with Gasteiger partial charge in [0.25, 0.3) is 5.91 Å². The largest absolute Gasteiger partial charge is 0.480 e. The Morgan fingerprint density at radius 1 is 1.30 bits per heavy atom. The number of anilines is 1. The Bertz CT molecular complexity index is 602. The predicted molar refractivity (Wildman–Crippen MR) is 88.8 cm³/mol. The van der Waals surface area contributed by atoms with Crippen molar-refractivity contribution in [3.63, 3.8) is 0 Å². The molecule has 0 spiro atoms. The Balaban J connectivity index is 3.06. The van der Waals surface area contributed by atoms with Crippen LogP contribution in [0.2, 0.25) is 5.02 Å². The van der Waals surface area contributed by atoms with Gasteiger partial charge >= 0.3 is 5.97 Å². The summed E-state index contributed by atoms with van der Waals surface area (Å²) in [5.74, 6) is -1.94. The Morgan fingerprint density at radius 3 is 2.48 bits per heavy atom. The second-order valence-corrected chi connectivity index (χ2v) is 5.87. The predicted octanol–water partition coefficient (Wildman–Crippen LogP) is 2.87. The molecule has 0 aliphatic heterocycles. The number of halogens is 1. The van der Waals surface area contributed by atoms with Crippen LogP contribution in [0, 0.1) is 5.92 Å². The summed E-state index contributed by atoms with van der Waals surface area (Å²) in [4.78, 5) is 36.4. The van der Waals surface area contributed by atoms with Gasteiger partial charge in [0.05, 0.1) is 10.6 Å². The van der Waals surface area contributed by atoms with E-state index in [1.54, 1.807) is 19.9 Å². The number of hydrogen-bond acceptors (Lipinski definition) is 3. The molecule has 6 nitrogen and oxygen atoms in total. The van der Waals surface area contributed by atoms with E-state index in [0.717, 1.165) is 0 Å². The number of carboxylic acids is 1. The van der Waals surface area contributed by atoms with Crippen LogP contribution in [0.15, 0.2) is 18.2 Å². The number of rotatable bonds is 7. The van der Waals surface area contributed by atoms with E-state index in [4.69, 9.17) is 16.7 Å². The zero-order chi connectivity index (χ0) is 17.6. The number of carbonyl (C=O) groups is 3. The number of benzene rings is 1. The SMILES string of the molecule is CCCN(CC(=O)O)C(=O)c1cc(NC(=O)C(C)C)ccc1Cl. The fraction of sp³-hybridized carbons (Fsp3) is 0.438. The maximum Gasteiger partial charge on any atom is 0.323 e. The fourth-order valence-corrected chi connectivity index (χ4v) is 2.11. The maximum atomic E-state index is 12.5. The average Bonchev–Trinajstić information content (AvgIpc) is 2.47. The van der Waals surface area contributed by atoms with Crippen molar-refractivity contribution in [1.29, 1.82) is 0 Å². The van der Waals surface area contributed by atoms with Crippen molar-refractivity contribution in [1.82, 2.24) is 4.90 Å². The van der Waals surface area contributed by atoms with Crippen LogP contribution in [0.3, 0.4) is 0 Å². The van der Waals surface area contributed by atoms with E-state index in [0.29, 0.717) is 18.7 Å². The maximum absolute atomic E-state index is 12.5. The molecule has 0 atom stereocenters. The molecule has 0 fully saturated rings. The third-order valence-electron chi connectivity index (χ3n) is 3.10. The number of nitrogens with one attached hydrogen (secondary N) is 1. The van der Waals surface area contributed by atoms with Crippen molar-refractivity contribution in [2.75, 3.05) is 18.4 Å². The van der Waals surface area contributed by atoms with E-state index in [9.17, 15) is 14.4 Å². The molecule has 2 amide bonds. The smallest absolute Gasteiger partial charge is 0.323 e. The number of amides is 2. The van der Waals surface area contributed by atoms with Crippen LogP contribution in [0.4, 0.5) is 5.69 Å². The summed E-state index contributed by atoms with van der Waals surface area (Å²) in [7, 11) is 0. The molecule has 0 saturated heterocycles. The molecule has 0 unspecified atom stereocenters. The molecule has 0 heterocycles. The minimum absolute atomic E-state index is 0.169. The van der Waals surface area contributed by atoms with Crippen molar-refractivity contribution in [3.8, 4) is 0 Å². The van der Waals surface area contributed by atoms with Crippen LogP contribution >= 0.6 is 11.6 Å². The van der Waals surface area contributed by atoms with Gasteiger partial charge in [-0.05, 0) is 24.6 Å². The fourth-order valence-electron chi connectivity index (χ4n) is 1.91. The quantitative estimate of drug-likeness (QED) is 0.799. The summed E-state index contributed by atoms with van der Waals surface area (Å²) < 4.78 is 0. The molecule has 23 heavy (non-hydrogen) atoms. The lowest BCUT2D eigenvalue weighted by molar-refractivity contribution is -0.137. The van der Waals surface area contributed by atoms with Crippen molar-refractivity contribution in [2.45, 2.75) is 27.2 Å². The Kier molecular flexibility index (Phi) is 7.03. The number of carboxylic acid groups (broad SMARTS) is 1. The highest BCUT2D eigenvalue weighted by molar-refractivity contribution is 6.34. The minimum Gasteiger partial charge on any atom is -0.480 e. The van der Waals surface area contributed by atoms with E-state index < -0.39 is 18.4 Å². The van der Waals surface area contributed by atoms with Crippen molar-refractivity contribution in [3.05, 3.63) is 28.8 Å². The van der Waals surface area contributed by atoms with Gasteiger partial charge in [0.1, 0.15) is 6.54 Å². The van der Waals surface area contributed by atoms with Crippen LogP contribution in [0.5, 0.6) is 0 Å². The van der Waals surface area contributed by atoms with Crippen LogP contribution < -0.4 is 5.32 Å². The van der Waals surface area contributed by atoms with Gasteiger partial charge in [-0.15, -0.1) is 0 Å². The molecule has 2 N–H and O–H groups in total. The first-order valence-corrected chi connectivity index (χ1v) is 7.75. The lowest BCUT2D eigenvalue weighted by atomic mass is 10.1. The number of aliphatic carboxylic acids is 1. The molecule has 0 radical (unpaired) electrons. The molecule has 0 saturated carbocycles. The van der Waals surface area contributed by atoms with Gasteiger partial charge in [-0.1, -0.05) is 32.4 Å². The van der Waals surface area contributed by atoms with Gasteiger partial charge in [-0.3, -0.25) is 14.4 Å². The minimum atomic E-state index is -1.09. The first-order valence-electron chi connectivity index (χ1n) is 7.37. The summed E-state index contributed by atoms with van der Waals surface area (Å²) in [6.45, 7) is 5.28. The van der Waals surface area contributed by atoms with E-state index in [1.165, 1.54) is 17.0 Å². The van der Waals surface area contributed by atoms with Crippen LogP contribution in [0.1, 0.15) is 37.6 Å². The summed E-state index contributed by atoms with van der Waals surface area (Å²) in [5.41, 5.74) is 0.617. The summed E-state index contributed by atoms with van der Waals surface area (Å²) in [6.07, 6.45) is 0.625. The van der Waals surface area contributed by atoms with E-state index in [-0.39, 0.29) is 22.4 Å². The topological polar surface area (TPSA) is 86.7 Å². The van der Waals surface area contributed by atoms with E-state index in [1.807, 2.05) is 6.92 Å². The number of hydrogen-bond donors (Lipinski definition) is 2. The molecule has 1 aromatic rings. The summed E-state index contributed by atoms with van der Waals surface area (Å²) in [6, 6.07) is 4.58. The molecular formula is C16H21ClN2O4. The number of carbonyl (C=O) groups excluding carboxylic acids is 2. The van der Waals surface area contributed by atoms with Crippen molar-refractivity contribution in [2.24, 2.45) is 5.92 Å². The third-order valence-corrected chi connectivity index (χ3v) is 3.43. The molecule has 1 rings (SSSR count). The van der Waals surface area contributed by atoms with Crippen LogP contribution in [-0.4, -0.2) is 40.9 Å². The van der Waals surface area contributed by atoms with Gasteiger partial charge in [-0.25, -0.2) is 0 Å². The van der Waals surface area contributed by atoms with Crippen molar-refractivity contribution >= 4 is 35.1 Å². The molecule has 0 aliphatic rings. The van der Waals surface area contributed by atoms with Crippen LogP contribution in [-0.2, 0) is 9.59 Å². The normalized spacial score (nSPS) is 10.5. The molecule has 0 aliphatic carbocycles. The third kappa shape index (κ3) is 5.56. The molecule has 0 bridgehead atoms. The molecule has 126 valence electrons. The van der Waals surface area contributed by atoms with Crippen LogP contribution in [0.25, 0.3) is 0 Å². The highest BCUT2D eigenvalue weighted by atomic mass is 35.5. The molecule has 7 heteroatoms. The van der Waals surface area contributed by atoms with Gasteiger partial charge in [-0.2, -0.15) is 0 Å².